The lowest BCUT2D eigenvalue weighted by atomic mass is 9.94. The molecular weight excluding hydrogens is 801 g/mol. The molecule has 4 aliphatic heterocycles. The van der Waals surface area contributed by atoms with Gasteiger partial charge in [-0.25, -0.2) is 13.8 Å². The van der Waals surface area contributed by atoms with Gasteiger partial charge in [0.25, 0.3) is 10.0 Å². The molecule has 5 fully saturated rings. The number of anilines is 1. The molecule has 61 heavy (non-hydrogen) atoms. The van der Waals surface area contributed by atoms with Gasteiger partial charge < -0.3 is 19.7 Å². The van der Waals surface area contributed by atoms with Gasteiger partial charge in [-0.15, -0.1) is 15.6 Å². The fourth-order valence-electron chi connectivity index (χ4n) is 9.94. The molecule has 3 aromatic heterocycles. The molecule has 13 nitrogen and oxygen atoms in total. The molecule has 0 unspecified atom stereocenters. The van der Waals surface area contributed by atoms with Gasteiger partial charge in [0.1, 0.15) is 35.8 Å². The second kappa shape index (κ2) is 14.8. The number of ether oxygens (including phenoxy) is 2. The zero-order valence-corrected chi connectivity index (χ0v) is 34.1. The summed E-state index contributed by atoms with van der Waals surface area (Å²) in [5, 5.41) is 9.43. The first-order chi connectivity index (χ1) is 29.7. The quantitative estimate of drug-likeness (QED) is 0.154. The highest BCUT2D eigenvalue weighted by atomic mass is 32.2. The molecule has 1 aliphatic carbocycles. The molecule has 16 heteroatoms. The zero-order chi connectivity index (χ0) is 41.5. The van der Waals surface area contributed by atoms with Crippen molar-refractivity contribution < 1.29 is 26.7 Å². The Morgan fingerprint density at radius 3 is 2.57 bits per heavy atom. The van der Waals surface area contributed by atoms with E-state index in [1.54, 1.807) is 48.7 Å². The molecule has 0 radical (unpaired) electrons. The molecule has 5 aliphatic rings. The van der Waals surface area contributed by atoms with Gasteiger partial charge in [-0.05, 0) is 80.6 Å². The fourth-order valence-corrected chi connectivity index (χ4v) is 11.0. The van der Waals surface area contributed by atoms with E-state index < -0.39 is 21.7 Å². The summed E-state index contributed by atoms with van der Waals surface area (Å²) in [5.41, 5.74) is 1.04. The topological polar surface area (TPSA) is 140 Å². The number of aromatic nitrogens is 6. The van der Waals surface area contributed by atoms with E-state index in [0.29, 0.717) is 78.1 Å². The largest absolute Gasteiger partial charge is 0.461 e. The lowest BCUT2D eigenvalue weighted by molar-refractivity contribution is 0.0440. The van der Waals surface area contributed by atoms with E-state index in [4.69, 9.17) is 25.9 Å². The summed E-state index contributed by atoms with van der Waals surface area (Å²) >= 11 is 0. The zero-order valence-electron chi connectivity index (χ0n) is 33.3. The third kappa shape index (κ3) is 6.78. The normalized spacial score (nSPS) is 23.8. The van der Waals surface area contributed by atoms with E-state index in [0.717, 1.165) is 54.7 Å². The highest BCUT2D eigenvalue weighted by Crippen LogP contribution is 2.42. The van der Waals surface area contributed by atoms with Crippen LogP contribution in [0.2, 0.25) is 0 Å². The average Bonchev–Trinajstić information content (AvgIpc) is 3.53. The van der Waals surface area contributed by atoms with E-state index in [1.807, 2.05) is 6.07 Å². The average molecular weight is 844 g/mol. The molecule has 4 atom stereocenters. The van der Waals surface area contributed by atoms with Crippen LogP contribution in [0.3, 0.4) is 0 Å². The lowest BCUT2D eigenvalue weighted by Crippen LogP contribution is -2.51. The summed E-state index contributed by atoms with van der Waals surface area (Å²) in [6.07, 6.45) is 15.3. The first-order valence-corrected chi connectivity index (χ1v) is 22.4. The molecule has 6 aromatic rings. The summed E-state index contributed by atoms with van der Waals surface area (Å²) < 4.78 is 72.4. The third-order valence-corrected chi connectivity index (χ3v) is 14.7. The molecule has 7 heterocycles. The van der Waals surface area contributed by atoms with Gasteiger partial charge in [0.05, 0.1) is 34.1 Å². The summed E-state index contributed by atoms with van der Waals surface area (Å²) in [6.45, 7) is 3.62. The standard InChI is InChI=1S/C45H43F2N9O4S/c1-2-34-37(46)16-11-28-5-3-6-35(38(28)34)40-39(47)41-36(20-48-40)43(54-21-30-12-13-31(22-54)50-30)52-44(51-41)60-25-45-17-4-18-55(45)23-32(19-45)59-24-27-7-14-33(15-8-27)61(57,58)56-26-49-42(53-56)29-9-10-29/h1,3,5-8,11,14-16,20,26,29-32,50H,4,9-10,12-13,17-19,21-25H2/t30-,31+,32-,45-/m1/s1. The van der Waals surface area contributed by atoms with Gasteiger partial charge in [-0.1, -0.05) is 42.3 Å². The Bertz CT molecular complexity index is 2850. The Hall–Kier alpha value is -5.60. The number of pyridine rings is 1. The van der Waals surface area contributed by atoms with Gasteiger partial charge in [0, 0.05) is 54.8 Å². The van der Waals surface area contributed by atoms with E-state index in [1.165, 1.54) is 12.4 Å². The predicted octanol–water partition coefficient (Wildman–Crippen LogP) is 5.95. The van der Waals surface area contributed by atoms with Gasteiger partial charge >= 0.3 is 6.01 Å². The molecule has 0 spiro atoms. The Morgan fingerprint density at radius 2 is 1.79 bits per heavy atom. The Balaban J connectivity index is 0.848. The fraction of sp³-hybridized carbons (Fsp3) is 0.400. The van der Waals surface area contributed by atoms with Crippen molar-refractivity contribution in [1.29, 1.82) is 0 Å². The van der Waals surface area contributed by atoms with Crippen LogP contribution in [0, 0.1) is 24.0 Å². The van der Waals surface area contributed by atoms with E-state index in [2.05, 4.69) is 36.1 Å². The number of hydrogen-bond acceptors (Lipinski definition) is 12. The minimum atomic E-state index is -3.85. The lowest BCUT2D eigenvalue weighted by Gasteiger charge is -2.34. The first-order valence-electron chi connectivity index (χ1n) is 21.0. The number of nitrogens with one attached hydrogen (secondary N) is 1. The van der Waals surface area contributed by atoms with Crippen LogP contribution in [0.4, 0.5) is 14.6 Å². The van der Waals surface area contributed by atoms with Crippen molar-refractivity contribution in [2.24, 2.45) is 0 Å². The molecule has 4 saturated heterocycles. The number of fused-ring (bicyclic) bond motifs is 5. The number of halogens is 2. The minimum Gasteiger partial charge on any atom is -0.461 e. The van der Waals surface area contributed by atoms with Crippen molar-refractivity contribution >= 4 is 37.5 Å². The molecular formula is C45H43F2N9O4S. The van der Waals surface area contributed by atoms with Crippen molar-refractivity contribution in [3.63, 3.8) is 0 Å². The highest BCUT2D eigenvalue weighted by molar-refractivity contribution is 7.89. The molecule has 3 aromatic carbocycles. The van der Waals surface area contributed by atoms with Crippen molar-refractivity contribution in [3.05, 3.63) is 95.7 Å². The Morgan fingerprint density at radius 1 is 0.967 bits per heavy atom. The van der Waals surface area contributed by atoms with Gasteiger partial charge in [0.15, 0.2) is 11.6 Å². The van der Waals surface area contributed by atoms with Crippen LogP contribution in [-0.4, -0.2) is 99.0 Å². The van der Waals surface area contributed by atoms with Crippen LogP contribution in [0.1, 0.15) is 67.8 Å². The van der Waals surface area contributed by atoms with E-state index >= 15 is 4.39 Å². The van der Waals surface area contributed by atoms with Gasteiger partial charge in [-0.2, -0.15) is 18.4 Å². The third-order valence-electron chi connectivity index (χ3n) is 13.2. The van der Waals surface area contributed by atoms with E-state index in [-0.39, 0.29) is 51.8 Å². The summed E-state index contributed by atoms with van der Waals surface area (Å²) in [5.74, 6) is 2.63. The maximum Gasteiger partial charge on any atom is 0.319 e. The summed E-state index contributed by atoms with van der Waals surface area (Å²) in [6, 6.07) is 15.6. The number of rotatable bonds is 11. The smallest absolute Gasteiger partial charge is 0.319 e. The van der Waals surface area contributed by atoms with E-state index in [9.17, 15) is 12.8 Å². The van der Waals surface area contributed by atoms with Crippen LogP contribution in [0.5, 0.6) is 6.01 Å². The van der Waals surface area contributed by atoms with Crippen molar-refractivity contribution in [2.45, 2.75) is 86.1 Å². The van der Waals surface area contributed by atoms with Crippen LogP contribution >= 0.6 is 0 Å². The molecule has 312 valence electrons. The summed E-state index contributed by atoms with van der Waals surface area (Å²) in [7, 11) is -3.85. The van der Waals surface area contributed by atoms with Crippen LogP contribution in [0.15, 0.2) is 72.0 Å². The molecule has 11 rings (SSSR count). The number of benzene rings is 3. The minimum absolute atomic E-state index is 0.0152. The number of piperazine rings is 1. The number of hydrogen-bond donors (Lipinski definition) is 1. The predicted molar refractivity (Wildman–Crippen MR) is 224 cm³/mol. The maximum atomic E-state index is 17.1. The van der Waals surface area contributed by atoms with Crippen molar-refractivity contribution in [1.82, 2.24) is 39.3 Å². The molecule has 0 amide bonds. The SMILES string of the molecule is C#Cc1c(F)ccc2cccc(-c3ncc4c(N5C[C@H]6CC[C@@H](C5)N6)nc(OC[C@]56CCCN5C[C@H](OCc5ccc(S(=O)(=O)n7cnc(C8CC8)n7)cc5)C6)nc4c3F)c12. The Labute approximate surface area is 351 Å². The first kappa shape index (κ1) is 38.3. The monoisotopic (exact) mass is 843 g/mol. The number of terminal acetylenes is 1. The van der Waals surface area contributed by atoms with Crippen LogP contribution < -0.4 is 15.0 Å². The molecule has 1 N–H and O–H groups in total. The second-order valence-corrected chi connectivity index (χ2v) is 18.9. The van der Waals surface area contributed by atoms with Gasteiger partial charge in [0.2, 0.25) is 0 Å². The number of nitrogens with zero attached hydrogens (tertiary/aromatic N) is 8. The molecule has 1 saturated carbocycles. The maximum absolute atomic E-state index is 17.1. The van der Waals surface area contributed by atoms with Crippen molar-refractivity contribution in [3.8, 4) is 29.6 Å². The van der Waals surface area contributed by atoms with Gasteiger partial charge in [-0.3, -0.25) is 9.88 Å². The highest BCUT2D eigenvalue weighted by Gasteiger charge is 2.49. The van der Waals surface area contributed by atoms with Crippen molar-refractivity contribution in [2.75, 3.05) is 37.7 Å². The van der Waals surface area contributed by atoms with Crippen LogP contribution in [0.25, 0.3) is 32.9 Å². The molecule has 2 bridgehead atoms. The van der Waals surface area contributed by atoms with Crippen LogP contribution in [-0.2, 0) is 21.4 Å². The Kier molecular flexibility index (Phi) is 9.30. The second-order valence-electron chi connectivity index (χ2n) is 17.1. The summed E-state index contributed by atoms with van der Waals surface area (Å²) in [4.78, 5) is 23.2.